The van der Waals surface area contributed by atoms with E-state index in [0.29, 0.717) is 5.75 Å². The molecule has 32 heavy (non-hydrogen) atoms. The first-order chi connectivity index (χ1) is 15.1. The summed E-state index contributed by atoms with van der Waals surface area (Å²) in [5.41, 5.74) is 4.54. The number of hydrogen-bond acceptors (Lipinski definition) is 6. The topological polar surface area (TPSA) is 91.5 Å². The van der Waals surface area contributed by atoms with Gasteiger partial charge in [-0.05, 0) is 54.7 Å². The summed E-state index contributed by atoms with van der Waals surface area (Å²) in [5.74, 6) is -0.345. The van der Waals surface area contributed by atoms with Gasteiger partial charge in [0.25, 0.3) is 0 Å². The lowest BCUT2D eigenvalue weighted by Crippen LogP contribution is -2.44. The number of alkyl halides is 3. The molecule has 0 aliphatic carbocycles. The van der Waals surface area contributed by atoms with E-state index in [9.17, 15) is 22.8 Å². The van der Waals surface area contributed by atoms with E-state index in [4.69, 9.17) is 17.0 Å². The Balaban J connectivity index is 1.73. The first-order valence-electron chi connectivity index (χ1n) is 9.20. The third-order valence-corrected chi connectivity index (χ3v) is 4.48. The molecule has 1 atom stereocenters. The molecule has 2 aromatic rings. The number of hydrogen-bond donors (Lipinski definition) is 5. The van der Waals surface area contributed by atoms with Gasteiger partial charge in [0.2, 0.25) is 5.91 Å². The number of benzene rings is 2. The molecule has 2 rings (SSSR count). The summed E-state index contributed by atoms with van der Waals surface area (Å²) in [6.45, 7) is 0. The molecule has 0 aliphatic rings. The Bertz CT molecular complexity index is 956. The van der Waals surface area contributed by atoms with Crippen LogP contribution in [-0.4, -0.2) is 29.3 Å². The van der Waals surface area contributed by atoms with Gasteiger partial charge in [-0.3, -0.25) is 20.4 Å². The van der Waals surface area contributed by atoms with Crippen molar-refractivity contribution >= 4 is 53.0 Å². The van der Waals surface area contributed by atoms with E-state index in [0.717, 1.165) is 17.8 Å². The first-order valence-corrected chi connectivity index (χ1v) is 10.1. The van der Waals surface area contributed by atoms with Crippen molar-refractivity contribution in [3.8, 4) is 5.75 Å². The molecule has 0 radical (unpaired) electrons. The van der Waals surface area contributed by atoms with Crippen LogP contribution in [0.15, 0.2) is 48.5 Å². The molecular weight excluding hydrogens is 465 g/mol. The quantitative estimate of drug-likeness (QED) is 0.128. The summed E-state index contributed by atoms with van der Waals surface area (Å²) in [5, 5.41) is 4.89. The standard InChI is InChI=1S/C20H21F3N4O3S2/c1-30-16-7-5-13(6-8-16)24-18(31)11-15(28)10-17(29)26-27-19(32)25-14-4-2-3-12(9-14)20(21,22)23/h2-9,18,24,31H,10-11H2,1H3,(H,26,29)(H2,25,27,32). The molecule has 0 saturated carbocycles. The number of nitrogens with one attached hydrogen (secondary N) is 4. The van der Waals surface area contributed by atoms with E-state index in [1.807, 2.05) is 0 Å². The molecule has 0 aliphatic heterocycles. The molecule has 0 fully saturated rings. The first kappa shape index (κ1) is 25.3. The minimum absolute atomic E-state index is 0.0184. The zero-order chi connectivity index (χ0) is 23.7. The summed E-state index contributed by atoms with van der Waals surface area (Å²) in [6, 6.07) is 11.4. The molecule has 0 saturated heterocycles. The Morgan fingerprint density at radius 3 is 2.41 bits per heavy atom. The molecule has 2 aromatic carbocycles. The number of anilines is 2. The minimum atomic E-state index is -4.49. The fraction of sp³-hybridized carbons (Fsp3) is 0.250. The summed E-state index contributed by atoms with van der Waals surface area (Å²) in [7, 11) is 1.55. The van der Waals surface area contributed by atoms with Crippen molar-refractivity contribution in [2.45, 2.75) is 24.4 Å². The monoisotopic (exact) mass is 486 g/mol. The molecule has 12 heteroatoms. The lowest BCUT2D eigenvalue weighted by atomic mass is 10.2. The molecule has 7 nitrogen and oxygen atoms in total. The van der Waals surface area contributed by atoms with Crippen molar-refractivity contribution < 1.29 is 27.5 Å². The van der Waals surface area contributed by atoms with Crippen molar-refractivity contribution in [3.63, 3.8) is 0 Å². The lowest BCUT2D eigenvalue weighted by molar-refractivity contribution is -0.137. The van der Waals surface area contributed by atoms with Crippen LogP contribution < -0.4 is 26.2 Å². The molecule has 1 amide bonds. The SMILES string of the molecule is COc1ccc(NC(S)CC(=O)CC(=O)NNC(=S)Nc2cccc(C(F)(F)F)c2)cc1. The van der Waals surface area contributed by atoms with Crippen LogP contribution in [0.2, 0.25) is 0 Å². The van der Waals surface area contributed by atoms with Crippen LogP contribution in [0, 0.1) is 0 Å². The highest BCUT2D eigenvalue weighted by Crippen LogP contribution is 2.30. The van der Waals surface area contributed by atoms with Crippen molar-refractivity contribution in [1.29, 1.82) is 0 Å². The maximum absolute atomic E-state index is 12.7. The van der Waals surface area contributed by atoms with Crippen molar-refractivity contribution in [1.82, 2.24) is 10.9 Å². The van der Waals surface area contributed by atoms with E-state index < -0.39 is 29.4 Å². The number of amides is 1. The van der Waals surface area contributed by atoms with Crippen LogP contribution in [0.5, 0.6) is 5.75 Å². The number of carbonyl (C=O) groups is 2. The minimum Gasteiger partial charge on any atom is -0.497 e. The van der Waals surface area contributed by atoms with Crippen LogP contribution in [-0.2, 0) is 15.8 Å². The van der Waals surface area contributed by atoms with Gasteiger partial charge in [-0.1, -0.05) is 6.07 Å². The average Bonchev–Trinajstić information content (AvgIpc) is 2.72. The van der Waals surface area contributed by atoms with Crippen LogP contribution in [0.3, 0.4) is 0 Å². The number of halogens is 3. The van der Waals surface area contributed by atoms with Gasteiger partial charge in [0.05, 0.1) is 24.5 Å². The fourth-order valence-electron chi connectivity index (χ4n) is 2.50. The van der Waals surface area contributed by atoms with Crippen molar-refractivity contribution in [2.24, 2.45) is 0 Å². The second-order valence-electron chi connectivity index (χ2n) is 6.51. The van der Waals surface area contributed by atoms with Gasteiger partial charge in [-0.2, -0.15) is 25.8 Å². The molecule has 0 aromatic heterocycles. The van der Waals surface area contributed by atoms with Gasteiger partial charge in [-0.15, -0.1) is 0 Å². The van der Waals surface area contributed by atoms with E-state index >= 15 is 0 Å². The average molecular weight is 487 g/mol. The second-order valence-corrected chi connectivity index (χ2v) is 7.55. The number of carbonyl (C=O) groups excluding carboxylic acids is 2. The Labute approximate surface area is 193 Å². The number of hydrazine groups is 1. The Hall–Kier alpha value is -2.99. The molecular formula is C20H21F3N4O3S2. The third-order valence-electron chi connectivity index (χ3n) is 3.97. The van der Waals surface area contributed by atoms with Gasteiger partial charge in [0.15, 0.2) is 5.11 Å². The summed E-state index contributed by atoms with van der Waals surface area (Å²) >= 11 is 9.23. The third kappa shape index (κ3) is 8.63. The zero-order valence-corrected chi connectivity index (χ0v) is 18.5. The fourth-order valence-corrected chi connectivity index (χ4v) is 3.03. The van der Waals surface area contributed by atoms with Crippen LogP contribution in [0.1, 0.15) is 18.4 Å². The molecule has 1 unspecified atom stereocenters. The number of thiocarbonyl (C=S) groups is 1. The van der Waals surface area contributed by atoms with Gasteiger partial charge in [0.1, 0.15) is 11.5 Å². The van der Waals surface area contributed by atoms with E-state index in [1.54, 1.807) is 31.4 Å². The summed E-state index contributed by atoms with van der Waals surface area (Å²) in [6.07, 6.45) is -4.94. The normalized spacial score (nSPS) is 11.8. The van der Waals surface area contributed by atoms with Crippen molar-refractivity contribution in [2.75, 3.05) is 17.7 Å². The maximum Gasteiger partial charge on any atom is 0.416 e. The van der Waals surface area contributed by atoms with E-state index in [-0.39, 0.29) is 23.0 Å². The molecule has 0 spiro atoms. The number of thiol groups is 1. The smallest absolute Gasteiger partial charge is 0.416 e. The maximum atomic E-state index is 12.7. The largest absolute Gasteiger partial charge is 0.497 e. The molecule has 0 bridgehead atoms. The van der Waals surface area contributed by atoms with Gasteiger partial charge in [0, 0.05) is 17.8 Å². The van der Waals surface area contributed by atoms with Crippen LogP contribution in [0.4, 0.5) is 24.5 Å². The molecule has 0 heterocycles. The van der Waals surface area contributed by atoms with E-state index in [2.05, 4.69) is 34.1 Å². The predicted molar refractivity (Wildman–Crippen MR) is 123 cm³/mol. The lowest BCUT2D eigenvalue weighted by Gasteiger charge is -2.15. The number of ether oxygens (including phenoxy) is 1. The van der Waals surface area contributed by atoms with Crippen LogP contribution >= 0.6 is 24.8 Å². The Morgan fingerprint density at radius 1 is 1.09 bits per heavy atom. The number of rotatable bonds is 8. The number of Topliss-reactive ketones (excluding diaryl/α,β-unsaturated/α-hetero) is 1. The number of ketones is 1. The highest BCUT2D eigenvalue weighted by molar-refractivity contribution is 7.81. The Morgan fingerprint density at radius 2 is 1.78 bits per heavy atom. The molecule has 172 valence electrons. The highest BCUT2D eigenvalue weighted by Gasteiger charge is 2.30. The summed E-state index contributed by atoms with van der Waals surface area (Å²) in [4.78, 5) is 24.0. The summed E-state index contributed by atoms with van der Waals surface area (Å²) < 4.78 is 43.3. The predicted octanol–water partition coefficient (Wildman–Crippen LogP) is 3.75. The highest BCUT2D eigenvalue weighted by atomic mass is 32.1. The van der Waals surface area contributed by atoms with Gasteiger partial charge >= 0.3 is 6.18 Å². The van der Waals surface area contributed by atoms with Gasteiger partial charge < -0.3 is 15.4 Å². The molecule has 4 N–H and O–H groups in total. The van der Waals surface area contributed by atoms with Crippen molar-refractivity contribution in [3.05, 3.63) is 54.1 Å². The number of methoxy groups -OCH3 is 1. The van der Waals surface area contributed by atoms with E-state index in [1.165, 1.54) is 12.1 Å². The van der Waals surface area contributed by atoms with Crippen LogP contribution in [0.25, 0.3) is 0 Å². The van der Waals surface area contributed by atoms with Gasteiger partial charge in [-0.25, -0.2) is 0 Å². The zero-order valence-electron chi connectivity index (χ0n) is 16.8. The Kier molecular flexibility index (Phi) is 9.14. The second kappa shape index (κ2) is 11.6.